The number of carbonyl (C=O) groups is 1. The van der Waals surface area contributed by atoms with Crippen molar-refractivity contribution < 1.29 is 13.2 Å². The summed E-state index contributed by atoms with van der Waals surface area (Å²) in [5.41, 5.74) is 0.0650. The molecule has 0 N–H and O–H groups in total. The number of benzene rings is 1. The number of sulfonamides is 1. The van der Waals surface area contributed by atoms with Gasteiger partial charge in [-0.2, -0.15) is 4.31 Å². The second-order valence-corrected chi connectivity index (χ2v) is 7.63. The van der Waals surface area contributed by atoms with E-state index in [-0.39, 0.29) is 10.7 Å². The van der Waals surface area contributed by atoms with Crippen LogP contribution < -0.4 is 0 Å². The minimum Gasteiger partial charge on any atom is -0.294 e. The summed E-state index contributed by atoms with van der Waals surface area (Å²) >= 11 is 0. The van der Waals surface area contributed by atoms with Gasteiger partial charge in [0.1, 0.15) is 0 Å². The summed E-state index contributed by atoms with van der Waals surface area (Å²) in [6, 6.07) is 6.19. The Bertz CT molecular complexity index is 564. The van der Waals surface area contributed by atoms with Crippen LogP contribution in [0.25, 0.3) is 0 Å². The molecule has 5 heteroatoms. The van der Waals surface area contributed by atoms with E-state index in [2.05, 4.69) is 0 Å². The van der Waals surface area contributed by atoms with E-state index in [1.807, 2.05) is 20.8 Å². The molecule has 0 aromatic heterocycles. The van der Waals surface area contributed by atoms with Crippen molar-refractivity contribution in [3.05, 3.63) is 29.8 Å². The highest BCUT2D eigenvalue weighted by atomic mass is 32.2. The first-order chi connectivity index (χ1) is 9.14. The van der Waals surface area contributed by atoms with Gasteiger partial charge in [0.05, 0.1) is 4.90 Å². The molecule has 0 aliphatic heterocycles. The highest BCUT2D eigenvalue weighted by molar-refractivity contribution is 7.89. The summed E-state index contributed by atoms with van der Waals surface area (Å²) in [4.78, 5) is 12.3. The zero-order valence-corrected chi connectivity index (χ0v) is 13.6. The number of nitrogens with zero attached hydrogens (tertiary/aromatic N) is 1. The zero-order valence-electron chi connectivity index (χ0n) is 12.8. The lowest BCUT2D eigenvalue weighted by atomic mass is 9.87. The lowest BCUT2D eigenvalue weighted by Crippen LogP contribution is -2.30. The van der Waals surface area contributed by atoms with Crippen molar-refractivity contribution in [1.29, 1.82) is 0 Å². The zero-order chi connectivity index (χ0) is 15.6. The number of hydrogen-bond donors (Lipinski definition) is 0. The van der Waals surface area contributed by atoms with Gasteiger partial charge in [0.2, 0.25) is 10.0 Å². The van der Waals surface area contributed by atoms with E-state index in [9.17, 15) is 13.2 Å². The monoisotopic (exact) mass is 297 g/mol. The van der Waals surface area contributed by atoms with Gasteiger partial charge in [-0.1, -0.05) is 46.8 Å². The molecule has 0 amide bonds. The molecule has 0 radical (unpaired) electrons. The van der Waals surface area contributed by atoms with Gasteiger partial charge in [-0.05, 0) is 12.1 Å². The fraction of sp³-hybridized carbons (Fsp3) is 0.533. The van der Waals surface area contributed by atoms with Crippen molar-refractivity contribution in [2.75, 3.05) is 13.1 Å². The van der Waals surface area contributed by atoms with Gasteiger partial charge >= 0.3 is 0 Å². The first-order valence-electron chi connectivity index (χ1n) is 6.79. The smallest absolute Gasteiger partial charge is 0.243 e. The molecule has 0 fully saturated rings. The van der Waals surface area contributed by atoms with Crippen LogP contribution in [0, 0.1) is 5.41 Å². The molecule has 0 spiro atoms. The second kappa shape index (κ2) is 6.06. The van der Waals surface area contributed by atoms with E-state index < -0.39 is 15.4 Å². The number of rotatable bonds is 5. The molecule has 0 saturated carbocycles. The molecule has 1 aromatic rings. The Balaban J connectivity index is 3.12. The summed E-state index contributed by atoms with van der Waals surface area (Å²) in [6.45, 7) is 10.0. The molecule has 0 heterocycles. The Morgan fingerprint density at radius 1 is 1.05 bits per heavy atom. The molecule has 112 valence electrons. The van der Waals surface area contributed by atoms with E-state index in [0.29, 0.717) is 18.7 Å². The molecule has 20 heavy (non-hydrogen) atoms. The van der Waals surface area contributed by atoms with E-state index in [1.165, 1.54) is 16.4 Å². The Morgan fingerprint density at radius 3 is 1.85 bits per heavy atom. The molecule has 0 aliphatic rings. The topological polar surface area (TPSA) is 54.5 Å². The van der Waals surface area contributed by atoms with Crippen molar-refractivity contribution in [2.45, 2.75) is 39.5 Å². The molecule has 4 nitrogen and oxygen atoms in total. The Hall–Kier alpha value is -1.20. The van der Waals surface area contributed by atoms with Crippen LogP contribution in [0.5, 0.6) is 0 Å². The maximum Gasteiger partial charge on any atom is 0.243 e. The SMILES string of the molecule is CCN(CC)S(=O)(=O)c1ccc(C(=O)C(C)(C)C)cc1. The third kappa shape index (κ3) is 3.46. The highest BCUT2D eigenvalue weighted by Gasteiger charge is 2.25. The van der Waals surface area contributed by atoms with Gasteiger partial charge in [-0.15, -0.1) is 0 Å². The predicted molar refractivity (Wildman–Crippen MR) is 80.3 cm³/mol. The van der Waals surface area contributed by atoms with Crippen LogP contribution in [0.2, 0.25) is 0 Å². The van der Waals surface area contributed by atoms with Gasteiger partial charge in [0, 0.05) is 24.1 Å². The standard InChI is InChI=1S/C15H23NO3S/c1-6-16(7-2)20(18,19)13-10-8-12(9-11-13)14(17)15(3,4)5/h8-11H,6-7H2,1-5H3. The number of Topliss-reactive ketones (excluding diaryl/α,β-unsaturated/α-hetero) is 1. The molecule has 1 aromatic carbocycles. The molecule has 0 aliphatic carbocycles. The third-order valence-corrected chi connectivity index (χ3v) is 5.20. The largest absolute Gasteiger partial charge is 0.294 e. The van der Waals surface area contributed by atoms with Crippen LogP contribution >= 0.6 is 0 Å². The van der Waals surface area contributed by atoms with Gasteiger partial charge in [-0.25, -0.2) is 8.42 Å². The first kappa shape index (κ1) is 16.9. The molecule has 0 bridgehead atoms. The molecular weight excluding hydrogens is 274 g/mol. The third-order valence-electron chi connectivity index (χ3n) is 3.14. The van der Waals surface area contributed by atoms with Crippen LogP contribution in [-0.2, 0) is 10.0 Å². The average molecular weight is 297 g/mol. The van der Waals surface area contributed by atoms with Crippen molar-refractivity contribution in [3.63, 3.8) is 0 Å². The fourth-order valence-corrected chi connectivity index (χ4v) is 3.38. The van der Waals surface area contributed by atoms with Crippen molar-refractivity contribution in [2.24, 2.45) is 5.41 Å². The summed E-state index contributed by atoms with van der Waals surface area (Å²) in [7, 11) is -3.46. The van der Waals surface area contributed by atoms with E-state index in [0.717, 1.165) is 0 Å². The molecular formula is C15H23NO3S. The van der Waals surface area contributed by atoms with Gasteiger partial charge in [-0.3, -0.25) is 4.79 Å². The Morgan fingerprint density at radius 2 is 1.50 bits per heavy atom. The van der Waals surface area contributed by atoms with Crippen LogP contribution in [0.3, 0.4) is 0 Å². The maximum atomic E-state index is 12.3. The number of carbonyl (C=O) groups excluding carboxylic acids is 1. The first-order valence-corrected chi connectivity index (χ1v) is 8.23. The minimum atomic E-state index is -3.46. The molecule has 0 saturated heterocycles. The summed E-state index contributed by atoms with van der Waals surface area (Å²) in [5, 5.41) is 0. The summed E-state index contributed by atoms with van der Waals surface area (Å²) < 4.78 is 26.0. The predicted octanol–water partition coefficient (Wildman–Crippen LogP) is 2.95. The molecule has 0 unspecified atom stereocenters. The van der Waals surface area contributed by atoms with Crippen LogP contribution in [0.4, 0.5) is 0 Å². The van der Waals surface area contributed by atoms with Crippen LogP contribution in [0.1, 0.15) is 45.0 Å². The van der Waals surface area contributed by atoms with E-state index in [4.69, 9.17) is 0 Å². The lowest BCUT2D eigenvalue weighted by molar-refractivity contribution is 0.0858. The highest BCUT2D eigenvalue weighted by Crippen LogP contribution is 2.22. The van der Waals surface area contributed by atoms with E-state index >= 15 is 0 Å². The van der Waals surface area contributed by atoms with E-state index in [1.54, 1.807) is 26.0 Å². The number of hydrogen-bond acceptors (Lipinski definition) is 3. The number of ketones is 1. The average Bonchev–Trinajstić information content (AvgIpc) is 2.38. The van der Waals surface area contributed by atoms with Crippen molar-refractivity contribution in [3.8, 4) is 0 Å². The maximum absolute atomic E-state index is 12.3. The normalized spacial score (nSPS) is 12.7. The minimum absolute atomic E-state index is 0.00397. The Labute approximate surface area is 121 Å². The van der Waals surface area contributed by atoms with Crippen molar-refractivity contribution >= 4 is 15.8 Å². The molecule has 0 atom stereocenters. The Kier molecular flexibility index (Phi) is 5.10. The lowest BCUT2D eigenvalue weighted by Gasteiger charge is -2.19. The molecule has 1 rings (SSSR count). The van der Waals surface area contributed by atoms with Gasteiger partial charge in [0.25, 0.3) is 0 Å². The second-order valence-electron chi connectivity index (χ2n) is 5.69. The fourth-order valence-electron chi connectivity index (χ4n) is 1.92. The van der Waals surface area contributed by atoms with Crippen LogP contribution in [-0.4, -0.2) is 31.6 Å². The van der Waals surface area contributed by atoms with Crippen LogP contribution in [0.15, 0.2) is 29.2 Å². The van der Waals surface area contributed by atoms with Gasteiger partial charge in [0.15, 0.2) is 5.78 Å². The van der Waals surface area contributed by atoms with Gasteiger partial charge < -0.3 is 0 Å². The summed E-state index contributed by atoms with van der Waals surface area (Å²) in [5.74, 6) is 0.00397. The summed E-state index contributed by atoms with van der Waals surface area (Å²) in [6.07, 6.45) is 0. The van der Waals surface area contributed by atoms with Crippen molar-refractivity contribution in [1.82, 2.24) is 4.31 Å². The quantitative estimate of drug-likeness (QED) is 0.785.